The first-order valence-corrected chi connectivity index (χ1v) is 11.8. The summed E-state index contributed by atoms with van der Waals surface area (Å²) in [4.78, 5) is 61.4. The molecule has 1 rings (SSSR count). The number of hydrogen-bond acceptors (Lipinski definition) is 8. The number of hydrogen-bond donors (Lipinski definition) is 8. The molecule has 0 radical (unpaired) electrons. The Bertz CT molecular complexity index is 951. The molecule has 1 aromatic rings. The second kappa shape index (κ2) is 14.8. The molecule has 0 saturated carbocycles. The Morgan fingerprint density at radius 2 is 1.38 bits per heavy atom. The standard InChI is InChI=1S/C24H37N5O8/c1-12(2)10-17(22(34)29-18(24(36)37)11-14-4-6-15(31)7-5-14)28-21(33)16(8-9-19(25)32)27-23(35)20(26)13(3)30/h4-7,12-13,16-18,20,30-31H,8-11,26H2,1-3H3,(H2,25,32)(H,27,35)(H,28,33)(H,29,34)(H,36,37). The molecule has 0 bridgehead atoms. The highest BCUT2D eigenvalue weighted by Crippen LogP contribution is 2.12. The number of aliphatic hydroxyl groups is 1. The molecule has 4 amide bonds. The van der Waals surface area contributed by atoms with Crippen LogP contribution in [0, 0.1) is 5.92 Å². The van der Waals surface area contributed by atoms with E-state index >= 15 is 0 Å². The quantitative estimate of drug-likeness (QED) is 0.133. The molecule has 0 aliphatic rings. The second-order valence-electron chi connectivity index (χ2n) is 9.29. The Hall–Kier alpha value is -3.71. The van der Waals surface area contributed by atoms with E-state index < -0.39 is 59.9 Å². The first kappa shape index (κ1) is 31.3. The third kappa shape index (κ3) is 11.3. The van der Waals surface area contributed by atoms with E-state index in [1.165, 1.54) is 31.2 Å². The minimum Gasteiger partial charge on any atom is -0.508 e. The van der Waals surface area contributed by atoms with E-state index in [0.29, 0.717) is 5.56 Å². The maximum Gasteiger partial charge on any atom is 0.326 e. The number of benzene rings is 1. The van der Waals surface area contributed by atoms with Gasteiger partial charge in [-0.1, -0.05) is 26.0 Å². The third-order valence-corrected chi connectivity index (χ3v) is 5.47. The smallest absolute Gasteiger partial charge is 0.326 e. The SMILES string of the molecule is CC(C)CC(NC(=O)C(CCC(N)=O)NC(=O)C(N)C(C)O)C(=O)NC(Cc1ccc(O)cc1)C(=O)O. The predicted octanol–water partition coefficient (Wildman–Crippen LogP) is -1.51. The van der Waals surface area contributed by atoms with E-state index in [1.807, 2.05) is 0 Å². The van der Waals surface area contributed by atoms with Crippen molar-refractivity contribution in [3.05, 3.63) is 29.8 Å². The molecule has 0 aliphatic heterocycles. The van der Waals surface area contributed by atoms with Gasteiger partial charge in [-0.05, 0) is 43.4 Å². The van der Waals surface area contributed by atoms with Gasteiger partial charge in [0.15, 0.2) is 0 Å². The Morgan fingerprint density at radius 1 is 0.865 bits per heavy atom. The van der Waals surface area contributed by atoms with Crippen molar-refractivity contribution in [2.24, 2.45) is 17.4 Å². The van der Waals surface area contributed by atoms with Crippen LogP contribution in [0.1, 0.15) is 45.6 Å². The van der Waals surface area contributed by atoms with Crippen molar-refractivity contribution < 1.29 is 39.3 Å². The van der Waals surface area contributed by atoms with Crippen molar-refractivity contribution in [2.45, 2.75) is 76.7 Å². The first-order valence-electron chi connectivity index (χ1n) is 11.8. The lowest BCUT2D eigenvalue weighted by molar-refractivity contribution is -0.142. The first-order chi connectivity index (χ1) is 17.2. The van der Waals surface area contributed by atoms with E-state index in [0.717, 1.165) is 0 Å². The third-order valence-electron chi connectivity index (χ3n) is 5.47. The molecule has 5 unspecified atom stereocenters. The molecule has 206 valence electrons. The fraction of sp³-hybridized carbons (Fsp3) is 0.542. The molecule has 0 aromatic heterocycles. The van der Waals surface area contributed by atoms with Crippen molar-refractivity contribution in [2.75, 3.05) is 0 Å². The Labute approximate surface area is 215 Å². The second-order valence-corrected chi connectivity index (χ2v) is 9.29. The number of nitrogens with one attached hydrogen (secondary N) is 3. The molecule has 13 nitrogen and oxygen atoms in total. The fourth-order valence-electron chi connectivity index (χ4n) is 3.36. The fourth-order valence-corrected chi connectivity index (χ4v) is 3.36. The molecule has 5 atom stereocenters. The van der Waals surface area contributed by atoms with Crippen molar-refractivity contribution in [3.8, 4) is 5.75 Å². The Kier molecular flexibility index (Phi) is 12.5. The highest BCUT2D eigenvalue weighted by atomic mass is 16.4. The number of phenolic OH excluding ortho intramolecular Hbond substituents is 1. The summed E-state index contributed by atoms with van der Waals surface area (Å²) in [5.74, 6) is -4.50. The average Bonchev–Trinajstić information content (AvgIpc) is 2.80. The molecule has 1 aromatic carbocycles. The van der Waals surface area contributed by atoms with Crippen LogP contribution in [-0.2, 0) is 30.4 Å². The zero-order valence-corrected chi connectivity index (χ0v) is 21.1. The summed E-state index contributed by atoms with van der Waals surface area (Å²) in [5, 5.41) is 35.9. The van der Waals surface area contributed by atoms with E-state index in [-0.39, 0.29) is 37.4 Å². The van der Waals surface area contributed by atoms with Gasteiger partial charge in [0.25, 0.3) is 0 Å². The van der Waals surface area contributed by atoms with Crippen molar-refractivity contribution in [1.29, 1.82) is 0 Å². The minimum absolute atomic E-state index is 0.00625. The lowest BCUT2D eigenvalue weighted by Crippen LogP contribution is -2.58. The molecule has 10 N–H and O–H groups in total. The summed E-state index contributed by atoms with van der Waals surface area (Å²) in [6.45, 7) is 4.89. The Morgan fingerprint density at radius 3 is 1.86 bits per heavy atom. The average molecular weight is 524 g/mol. The van der Waals surface area contributed by atoms with Crippen LogP contribution >= 0.6 is 0 Å². The minimum atomic E-state index is -1.34. The number of carbonyl (C=O) groups is 5. The number of carboxylic acid groups (broad SMARTS) is 1. The van der Waals surface area contributed by atoms with Crippen LogP contribution in [0.15, 0.2) is 24.3 Å². The van der Waals surface area contributed by atoms with Crippen LogP contribution in [0.2, 0.25) is 0 Å². The van der Waals surface area contributed by atoms with E-state index in [4.69, 9.17) is 11.5 Å². The molecule has 0 aliphatic carbocycles. The molecule has 0 heterocycles. The van der Waals surface area contributed by atoms with Crippen molar-refractivity contribution in [1.82, 2.24) is 16.0 Å². The van der Waals surface area contributed by atoms with Crippen LogP contribution in [0.25, 0.3) is 0 Å². The highest BCUT2D eigenvalue weighted by molar-refractivity contribution is 5.94. The summed E-state index contributed by atoms with van der Waals surface area (Å²) in [6, 6.07) is 0.715. The van der Waals surface area contributed by atoms with Gasteiger partial charge >= 0.3 is 5.97 Å². The van der Waals surface area contributed by atoms with Crippen LogP contribution in [0.3, 0.4) is 0 Å². The topological polar surface area (TPSA) is 234 Å². The van der Waals surface area contributed by atoms with Crippen molar-refractivity contribution in [3.63, 3.8) is 0 Å². The predicted molar refractivity (Wildman–Crippen MR) is 133 cm³/mol. The summed E-state index contributed by atoms with van der Waals surface area (Å²) in [7, 11) is 0. The lowest BCUT2D eigenvalue weighted by atomic mass is 10.0. The number of amides is 4. The monoisotopic (exact) mass is 523 g/mol. The maximum atomic E-state index is 13.0. The maximum absolute atomic E-state index is 13.0. The number of rotatable bonds is 15. The summed E-state index contributed by atoms with van der Waals surface area (Å²) >= 11 is 0. The van der Waals surface area contributed by atoms with Gasteiger partial charge in [0.05, 0.1) is 6.10 Å². The van der Waals surface area contributed by atoms with Gasteiger partial charge < -0.3 is 42.7 Å². The number of carbonyl (C=O) groups excluding carboxylic acids is 4. The van der Waals surface area contributed by atoms with Gasteiger partial charge in [-0.3, -0.25) is 19.2 Å². The molecule has 37 heavy (non-hydrogen) atoms. The van der Waals surface area contributed by atoms with E-state index in [9.17, 15) is 39.3 Å². The van der Waals surface area contributed by atoms with Crippen LogP contribution in [0.5, 0.6) is 5.75 Å². The van der Waals surface area contributed by atoms with Crippen LogP contribution in [0.4, 0.5) is 0 Å². The number of aliphatic hydroxyl groups excluding tert-OH is 1. The van der Waals surface area contributed by atoms with Gasteiger partial charge in [0.1, 0.15) is 29.9 Å². The zero-order chi connectivity index (χ0) is 28.3. The van der Waals surface area contributed by atoms with Crippen LogP contribution < -0.4 is 27.4 Å². The number of aromatic hydroxyl groups is 1. The number of primary amides is 1. The largest absolute Gasteiger partial charge is 0.508 e. The van der Waals surface area contributed by atoms with Gasteiger partial charge in [-0.15, -0.1) is 0 Å². The normalized spacial score (nSPS) is 15.1. The van der Waals surface area contributed by atoms with Crippen molar-refractivity contribution >= 4 is 29.6 Å². The van der Waals surface area contributed by atoms with E-state index in [2.05, 4.69) is 16.0 Å². The number of aliphatic carboxylic acids is 1. The number of nitrogens with two attached hydrogens (primary N) is 2. The summed E-state index contributed by atoms with van der Waals surface area (Å²) in [6.07, 6.45) is -1.57. The number of phenols is 1. The number of carboxylic acids is 1. The molecule has 0 spiro atoms. The lowest BCUT2D eigenvalue weighted by Gasteiger charge is -2.26. The molecular formula is C24H37N5O8. The molecule has 13 heteroatoms. The van der Waals surface area contributed by atoms with Gasteiger partial charge in [-0.2, -0.15) is 0 Å². The van der Waals surface area contributed by atoms with Gasteiger partial charge in [0.2, 0.25) is 23.6 Å². The van der Waals surface area contributed by atoms with E-state index in [1.54, 1.807) is 13.8 Å². The Balaban J connectivity index is 3.05. The summed E-state index contributed by atoms with van der Waals surface area (Å²) in [5.41, 5.74) is 11.3. The highest BCUT2D eigenvalue weighted by Gasteiger charge is 2.31. The molecule has 0 saturated heterocycles. The zero-order valence-electron chi connectivity index (χ0n) is 21.1. The summed E-state index contributed by atoms with van der Waals surface area (Å²) < 4.78 is 0. The van der Waals surface area contributed by atoms with Gasteiger partial charge in [0, 0.05) is 12.8 Å². The molecular weight excluding hydrogens is 486 g/mol. The van der Waals surface area contributed by atoms with Crippen LogP contribution in [-0.4, -0.2) is 75.2 Å². The van der Waals surface area contributed by atoms with Gasteiger partial charge in [-0.25, -0.2) is 4.79 Å². The molecule has 0 fully saturated rings.